The lowest BCUT2D eigenvalue weighted by Crippen LogP contribution is -2.14. The second-order valence-corrected chi connectivity index (χ2v) is 24.0. The van der Waals surface area contributed by atoms with Gasteiger partial charge in [0.25, 0.3) is 0 Å². The van der Waals surface area contributed by atoms with Crippen molar-refractivity contribution < 1.29 is 13.3 Å². The van der Waals surface area contributed by atoms with Crippen LogP contribution in [-0.4, -0.2) is 0 Å². The molecule has 88 heavy (non-hydrogen) atoms. The quantitative estimate of drug-likeness (QED) is 0.161. The van der Waals surface area contributed by atoms with Crippen molar-refractivity contribution >= 4 is 109 Å². The molecule has 0 unspecified atom stereocenters. The van der Waals surface area contributed by atoms with Crippen LogP contribution in [0.25, 0.3) is 176 Å². The van der Waals surface area contributed by atoms with E-state index in [1.54, 1.807) is 0 Å². The zero-order valence-electron chi connectivity index (χ0n) is 48.4. The third-order valence-corrected chi connectivity index (χ3v) is 19.0. The average Bonchev–Trinajstić information content (AvgIpc) is 1.96. The van der Waals surface area contributed by atoms with Crippen LogP contribution < -0.4 is 0 Å². The van der Waals surface area contributed by atoms with E-state index in [-0.39, 0.29) is 5.41 Å². The van der Waals surface area contributed by atoms with Crippen molar-refractivity contribution in [3.05, 3.63) is 302 Å². The molecule has 0 radical (unpaired) electrons. The normalized spacial score (nSPS) is 12.8. The Labute approximate surface area is 507 Å². The highest BCUT2D eigenvalue weighted by atomic mass is 16.4. The van der Waals surface area contributed by atoms with Crippen LogP contribution in [0.3, 0.4) is 0 Å². The summed E-state index contributed by atoms with van der Waals surface area (Å²) in [4.78, 5) is 0. The number of hydrogen-bond acceptors (Lipinski definition) is 3. The van der Waals surface area contributed by atoms with Gasteiger partial charge >= 0.3 is 0 Å². The van der Waals surface area contributed by atoms with Crippen molar-refractivity contribution in [3.8, 4) is 66.8 Å². The molecule has 0 saturated heterocycles. The Morgan fingerprint density at radius 1 is 0.216 bits per heavy atom. The average molecular weight is 1120 g/mol. The van der Waals surface area contributed by atoms with Crippen molar-refractivity contribution in [2.45, 2.75) is 19.3 Å². The molecule has 1 aliphatic rings. The largest absolute Gasteiger partial charge is 0.455 e. The Kier molecular flexibility index (Phi) is 11.0. The van der Waals surface area contributed by atoms with Crippen LogP contribution in [0.2, 0.25) is 0 Å². The summed E-state index contributed by atoms with van der Waals surface area (Å²) in [6, 6.07) is 105. The smallest absolute Gasteiger partial charge is 0.178 e. The number of rotatable bonds is 5. The lowest BCUT2D eigenvalue weighted by atomic mass is 9.82. The lowest BCUT2D eigenvalue weighted by molar-refractivity contribution is 0.633. The second-order valence-electron chi connectivity index (χ2n) is 24.0. The zero-order chi connectivity index (χ0) is 58.2. The molecule has 0 atom stereocenters. The Morgan fingerprint density at radius 2 is 0.614 bits per heavy atom. The van der Waals surface area contributed by atoms with Gasteiger partial charge in [-0.2, -0.15) is 0 Å². The van der Waals surface area contributed by atoms with Crippen LogP contribution in [0.5, 0.6) is 0 Å². The Morgan fingerprint density at radius 3 is 1.18 bits per heavy atom. The molecular weight excluding hydrogens is 1070 g/mol. The minimum atomic E-state index is -0.0679. The van der Waals surface area contributed by atoms with Crippen LogP contribution >= 0.6 is 0 Å². The minimum absolute atomic E-state index is 0.0679. The first-order chi connectivity index (χ1) is 43.4. The molecule has 0 aliphatic heterocycles. The van der Waals surface area contributed by atoms with Crippen LogP contribution in [0.15, 0.2) is 304 Å². The van der Waals surface area contributed by atoms with Gasteiger partial charge in [0, 0.05) is 43.3 Å². The maximum Gasteiger partial charge on any atom is 0.178 e. The van der Waals surface area contributed by atoms with Crippen molar-refractivity contribution in [3.63, 3.8) is 0 Å². The summed E-state index contributed by atoms with van der Waals surface area (Å²) in [6.07, 6.45) is 0. The maximum atomic E-state index is 6.82. The summed E-state index contributed by atoms with van der Waals surface area (Å²) in [5.41, 5.74) is 22.7. The first kappa shape index (κ1) is 50.1. The van der Waals surface area contributed by atoms with E-state index in [0.717, 1.165) is 60.6 Å². The summed E-state index contributed by atoms with van der Waals surface area (Å²) >= 11 is 0. The predicted molar refractivity (Wildman–Crippen MR) is 369 cm³/mol. The van der Waals surface area contributed by atoms with Gasteiger partial charge in [-0.1, -0.05) is 269 Å². The molecule has 0 bridgehead atoms. The molecule has 3 nitrogen and oxygen atoms in total. The van der Waals surface area contributed by atoms with E-state index in [1.807, 2.05) is 18.2 Å². The first-order valence-corrected chi connectivity index (χ1v) is 30.4. The van der Waals surface area contributed by atoms with E-state index in [9.17, 15) is 0 Å². The molecule has 3 aromatic heterocycles. The number of hydrogen-bond donors (Lipinski definition) is 0. The van der Waals surface area contributed by atoms with Gasteiger partial charge in [0.15, 0.2) is 11.2 Å². The van der Waals surface area contributed by atoms with E-state index >= 15 is 0 Å². The molecule has 15 aromatic carbocycles. The molecule has 0 saturated carbocycles. The Hall–Kier alpha value is -11.3. The van der Waals surface area contributed by atoms with E-state index in [0.29, 0.717) is 0 Å². The summed E-state index contributed by atoms with van der Waals surface area (Å²) < 4.78 is 19.5. The molecule has 19 rings (SSSR count). The van der Waals surface area contributed by atoms with Crippen LogP contribution in [0.1, 0.15) is 25.0 Å². The van der Waals surface area contributed by atoms with Crippen molar-refractivity contribution in [2.24, 2.45) is 0 Å². The van der Waals surface area contributed by atoms with E-state index in [4.69, 9.17) is 13.3 Å². The van der Waals surface area contributed by atoms with Crippen molar-refractivity contribution in [1.29, 1.82) is 0 Å². The Bertz CT molecular complexity index is 5760. The predicted octanol–water partition coefficient (Wildman–Crippen LogP) is 24.3. The lowest BCUT2D eigenvalue weighted by Gasteiger charge is -2.21. The van der Waals surface area contributed by atoms with Crippen molar-refractivity contribution in [2.75, 3.05) is 0 Å². The Balaban J connectivity index is 0.000000132. The van der Waals surface area contributed by atoms with Crippen molar-refractivity contribution in [1.82, 2.24) is 0 Å². The maximum absolute atomic E-state index is 6.82. The SMILES string of the molecule is CC1(C)c2ccccc2-c2c1ccc1c2oc2cccc(-c3c4ccccc4c(-c4ccccc4)c4ccccc34)c21.c1ccc(-c2c3ccccc3c(-c3ccc(-c4ccc5oc6c(ccc7c8ccccc8oc76)c5c4)cc3)c3ccccc23)cc1. The summed E-state index contributed by atoms with van der Waals surface area (Å²) in [6.45, 7) is 4.65. The standard InChI is InChI=1S/C44H26O2.C41H28O/c1-2-10-28(11-3-1)41-32-13-4-6-15-34(32)42(35-16-7-5-14-33(35)41)29-20-18-27(19-21-29)30-22-25-40-38(26-30)37-24-23-36-31-12-8-9-17-39(31)45-43(36)44(37)46-40;1-41(2)33-21-11-10-19-30(33)39-34(41)24-23-32-38-31(20-12-22-35(38)42-40(32)39)37-28-17-8-6-15-26(28)36(25-13-4-3-5-14-25)27-16-7-9-18-29(27)37/h1-26H;3-24H,1-2H3. The molecule has 3 heterocycles. The fraction of sp³-hybridized carbons (Fsp3) is 0.0353. The molecule has 0 N–H and O–H groups in total. The minimum Gasteiger partial charge on any atom is -0.455 e. The molecule has 1 aliphatic carbocycles. The van der Waals surface area contributed by atoms with E-state index in [2.05, 4.69) is 287 Å². The highest BCUT2D eigenvalue weighted by Gasteiger charge is 2.38. The zero-order valence-corrected chi connectivity index (χ0v) is 48.4. The number of fused-ring (bicyclic) bond motifs is 18. The molecule has 18 aromatic rings. The van der Waals surface area contributed by atoms with Gasteiger partial charge in [-0.3, -0.25) is 0 Å². The number of benzene rings is 15. The monoisotopic (exact) mass is 1120 g/mol. The van der Waals surface area contributed by atoms with E-state index < -0.39 is 0 Å². The van der Waals surface area contributed by atoms with Gasteiger partial charge in [-0.15, -0.1) is 0 Å². The molecule has 412 valence electrons. The van der Waals surface area contributed by atoms with Crippen LogP contribution in [0.4, 0.5) is 0 Å². The molecule has 0 fully saturated rings. The van der Waals surface area contributed by atoms with Crippen LogP contribution in [-0.2, 0) is 5.41 Å². The fourth-order valence-electron chi connectivity index (χ4n) is 15.0. The van der Waals surface area contributed by atoms with Crippen LogP contribution in [0, 0.1) is 0 Å². The third-order valence-electron chi connectivity index (χ3n) is 19.0. The summed E-state index contributed by atoms with van der Waals surface area (Å²) in [5, 5.41) is 16.8. The van der Waals surface area contributed by atoms with Gasteiger partial charge in [-0.05, 0) is 152 Å². The number of para-hydroxylation sites is 1. The first-order valence-electron chi connectivity index (χ1n) is 30.4. The van der Waals surface area contributed by atoms with Gasteiger partial charge in [0.2, 0.25) is 0 Å². The molecule has 0 amide bonds. The molecular formula is C85H54O3. The van der Waals surface area contributed by atoms with Gasteiger partial charge < -0.3 is 13.3 Å². The summed E-state index contributed by atoms with van der Waals surface area (Å²) in [7, 11) is 0. The third kappa shape index (κ3) is 7.44. The number of furan rings is 3. The second kappa shape index (κ2) is 19.4. The highest BCUT2D eigenvalue weighted by molar-refractivity contribution is 6.27. The van der Waals surface area contributed by atoms with E-state index in [1.165, 1.54) is 126 Å². The fourth-order valence-corrected chi connectivity index (χ4v) is 15.0. The topological polar surface area (TPSA) is 39.4 Å². The van der Waals surface area contributed by atoms with Gasteiger partial charge in [0.05, 0.1) is 0 Å². The summed E-state index contributed by atoms with van der Waals surface area (Å²) in [5.74, 6) is 0. The van der Waals surface area contributed by atoms with Gasteiger partial charge in [0.1, 0.15) is 22.3 Å². The highest BCUT2D eigenvalue weighted by Crippen LogP contribution is 2.55. The molecule has 3 heteroatoms. The molecule has 0 spiro atoms. The van der Waals surface area contributed by atoms with Gasteiger partial charge in [-0.25, -0.2) is 0 Å².